The van der Waals surface area contributed by atoms with Gasteiger partial charge in [0.15, 0.2) is 0 Å². The molecule has 0 aliphatic rings. The molecule has 0 heterocycles. The summed E-state index contributed by atoms with van der Waals surface area (Å²) in [7, 11) is 0. The molecule has 6 heteroatoms. The van der Waals surface area contributed by atoms with Gasteiger partial charge in [-0.1, -0.05) is 12.1 Å². The van der Waals surface area contributed by atoms with Crippen LogP contribution in [0.15, 0.2) is 28.7 Å². The molecule has 20 heavy (non-hydrogen) atoms. The van der Waals surface area contributed by atoms with Gasteiger partial charge in [-0.2, -0.15) is 0 Å². The van der Waals surface area contributed by atoms with Gasteiger partial charge in [0.05, 0.1) is 12.1 Å². The van der Waals surface area contributed by atoms with E-state index < -0.39 is 0 Å². The van der Waals surface area contributed by atoms with Crippen LogP contribution in [0, 0.1) is 0 Å². The lowest BCUT2D eigenvalue weighted by Gasteiger charge is -2.13. The summed E-state index contributed by atoms with van der Waals surface area (Å²) in [6, 6.07) is 7.01. The van der Waals surface area contributed by atoms with E-state index in [0.29, 0.717) is 22.9 Å². The fraction of sp³-hybridized carbons (Fsp3) is 0.429. The maximum atomic E-state index is 11.9. The van der Waals surface area contributed by atoms with E-state index in [0.717, 1.165) is 0 Å². The van der Waals surface area contributed by atoms with Gasteiger partial charge in [0.2, 0.25) is 5.91 Å². The number of rotatable bonds is 7. The third-order valence-corrected chi connectivity index (χ3v) is 3.42. The summed E-state index contributed by atoms with van der Waals surface area (Å²) in [5.74, 6) is -0.536. The molecule has 1 aromatic carbocycles. The van der Waals surface area contributed by atoms with Crippen molar-refractivity contribution in [3.63, 3.8) is 0 Å². The van der Waals surface area contributed by atoms with Crippen LogP contribution < -0.4 is 10.6 Å². The molecule has 0 bridgehead atoms. The molecular formula is C14H19BrN2O3. The number of hydrogen-bond donors (Lipinski definition) is 3. The molecular weight excluding hydrogens is 324 g/mol. The van der Waals surface area contributed by atoms with E-state index in [9.17, 15) is 9.59 Å². The van der Waals surface area contributed by atoms with Gasteiger partial charge >= 0.3 is 0 Å². The Balaban J connectivity index is 2.38. The normalized spacial score (nSPS) is 11.8. The van der Waals surface area contributed by atoms with Crippen molar-refractivity contribution in [2.24, 2.45) is 0 Å². The quantitative estimate of drug-likeness (QED) is 0.701. The molecule has 0 saturated heterocycles. The number of aliphatic hydroxyl groups excluding tert-OH is 1. The first-order chi connectivity index (χ1) is 9.54. The third kappa shape index (κ3) is 5.71. The van der Waals surface area contributed by atoms with Crippen molar-refractivity contribution in [1.82, 2.24) is 10.6 Å². The molecule has 0 aromatic heterocycles. The predicted octanol–water partition coefficient (Wildman–Crippen LogP) is 1.46. The van der Waals surface area contributed by atoms with Crippen LogP contribution in [0.25, 0.3) is 0 Å². The third-order valence-electron chi connectivity index (χ3n) is 2.73. The Kier molecular flexibility index (Phi) is 7.25. The van der Waals surface area contributed by atoms with E-state index in [4.69, 9.17) is 5.11 Å². The highest BCUT2D eigenvalue weighted by atomic mass is 79.9. The van der Waals surface area contributed by atoms with E-state index >= 15 is 0 Å². The molecule has 1 rings (SSSR count). The fourth-order valence-electron chi connectivity index (χ4n) is 1.70. The van der Waals surface area contributed by atoms with Crippen LogP contribution in [0.2, 0.25) is 0 Å². The van der Waals surface area contributed by atoms with E-state index in [1.807, 2.05) is 13.0 Å². The minimum atomic E-state index is -0.296. The number of amides is 2. The molecule has 0 aliphatic heterocycles. The second-order valence-corrected chi connectivity index (χ2v) is 5.35. The van der Waals surface area contributed by atoms with Crippen LogP contribution in [0.1, 0.15) is 30.1 Å². The lowest BCUT2D eigenvalue weighted by Crippen LogP contribution is -2.41. The molecule has 2 amide bonds. The van der Waals surface area contributed by atoms with Gasteiger partial charge in [0.25, 0.3) is 5.91 Å². The Morgan fingerprint density at radius 3 is 2.70 bits per heavy atom. The molecule has 1 unspecified atom stereocenters. The van der Waals surface area contributed by atoms with Gasteiger partial charge in [-0.15, -0.1) is 0 Å². The van der Waals surface area contributed by atoms with Crippen molar-refractivity contribution in [1.29, 1.82) is 0 Å². The lowest BCUT2D eigenvalue weighted by atomic mass is 10.2. The molecule has 1 aromatic rings. The molecule has 5 nitrogen and oxygen atoms in total. The van der Waals surface area contributed by atoms with Crippen LogP contribution >= 0.6 is 15.9 Å². The van der Waals surface area contributed by atoms with Crippen molar-refractivity contribution < 1.29 is 14.7 Å². The maximum absolute atomic E-state index is 11.9. The zero-order chi connectivity index (χ0) is 15.0. The average Bonchev–Trinajstić information content (AvgIpc) is 2.43. The summed E-state index contributed by atoms with van der Waals surface area (Å²) in [5, 5.41) is 14.0. The Labute approximate surface area is 126 Å². The summed E-state index contributed by atoms with van der Waals surface area (Å²) in [6.07, 6.45) is 1.35. The summed E-state index contributed by atoms with van der Waals surface area (Å²) in [4.78, 5) is 23.5. The van der Waals surface area contributed by atoms with Crippen molar-refractivity contribution in [2.45, 2.75) is 25.8 Å². The van der Waals surface area contributed by atoms with Crippen molar-refractivity contribution in [2.75, 3.05) is 13.2 Å². The number of hydrogen-bond acceptors (Lipinski definition) is 3. The SMILES string of the molecule is CC(CCCO)NC(=O)CNC(=O)c1ccccc1Br. The smallest absolute Gasteiger partial charge is 0.252 e. The minimum absolute atomic E-state index is 0.0185. The number of aliphatic hydroxyl groups is 1. The van der Waals surface area contributed by atoms with Gasteiger partial charge in [-0.05, 0) is 47.8 Å². The first kappa shape index (κ1) is 16.7. The van der Waals surface area contributed by atoms with Gasteiger partial charge in [-0.25, -0.2) is 0 Å². The van der Waals surface area contributed by atoms with Gasteiger partial charge in [0, 0.05) is 17.1 Å². The van der Waals surface area contributed by atoms with Gasteiger partial charge in [0.1, 0.15) is 0 Å². The second-order valence-electron chi connectivity index (χ2n) is 4.50. The molecule has 0 aliphatic carbocycles. The van der Waals surface area contributed by atoms with E-state index in [2.05, 4.69) is 26.6 Å². The Morgan fingerprint density at radius 2 is 2.05 bits per heavy atom. The summed E-state index contributed by atoms with van der Waals surface area (Å²) >= 11 is 3.29. The van der Waals surface area contributed by atoms with Crippen molar-refractivity contribution in [3.05, 3.63) is 34.3 Å². The van der Waals surface area contributed by atoms with E-state index in [1.54, 1.807) is 18.2 Å². The summed E-state index contributed by atoms with van der Waals surface area (Å²) in [6.45, 7) is 1.91. The number of carbonyl (C=O) groups is 2. The Hall–Kier alpha value is -1.40. The zero-order valence-corrected chi connectivity index (χ0v) is 12.9. The molecule has 0 fully saturated rings. The molecule has 0 spiro atoms. The largest absolute Gasteiger partial charge is 0.396 e. The number of nitrogens with one attached hydrogen (secondary N) is 2. The van der Waals surface area contributed by atoms with Crippen LogP contribution in [-0.2, 0) is 4.79 Å². The van der Waals surface area contributed by atoms with E-state index in [1.165, 1.54) is 0 Å². The van der Waals surface area contributed by atoms with Crippen LogP contribution in [-0.4, -0.2) is 36.1 Å². The molecule has 110 valence electrons. The highest BCUT2D eigenvalue weighted by Gasteiger charge is 2.11. The van der Waals surface area contributed by atoms with Gasteiger partial charge in [-0.3, -0.25) is 9.59 Å². The first-order valence-corrected chi connectivity index (χ1v) is 7.27. The standard InChI is InChI=1S/C14H19BrN2O3/c1-10(5-4-8-18)17-13(19)9-16-14(20)11-6-2-3-7-12(11)15/h2-3,6-7,10,18H,4-5,8-9H2,1H3,(H,16,20)(H,17,19). The van der Waals surface area contributed by atoms with E-state index in [-0.39, 0.29) is 31.0 Å². The van der Waals surface area contributed by atoms with Crippen LogP contribution in [0.5, 0.6) is 0 Å². The fourth-order valence-corrected chi connectivity index (χ4v) is 2.16. The Morgan fingerprint density at radius 1 is 1.35 bits per heavy atom. The predicted molar refractivity (Wildman–Crippen MR) is 80.4 cm³/mol. The lowest BCUT2D eigenvalue weighted by molar-refractivity contribution is -0.120. The topological polar surface area (TPSA) is 78.4 Å². The molecule has 0 radical (unpaired) electrons. The molecule has 0 saturated carbocycles. The monoisotopic (exact) mass is 342 g/mol. The highest BCUT2D eigenvalue weighted by molar-refractivity contribution is 9.10. The van der Waals surface area contributed by atoms with Crippen molar-refractivity contribution in [3.8, 4) is 0 Å². The second kappa shape index (κ2) is 8.71. The molecule has 3 N–H and O–H groups in total. The van der Waals surface area contributed by atoms with Crippen molar-refractivity contribution >= 4 is 27.7 Å². The average molecular weight is 343 g/mol. The summed E-state index contributed by atoms with van der Waals surface area (Å²) in [5.41, 5.74) is 0.494. The van der Waals surface area contributed by atoms with Crippen LogP contribution in [0.3, 0.4) is 0 Å². The number of carbonyl (C=O) groups excluding carboxylic acids is 2. The zero-order valence-electron chi connectivity index (χ0n) is 11.4. The Bertz CT molecular complexity index is 465. The number of halogens is 1. The highest BCUT2D eigenvalue weighted by Crippen LogP contribution is 2.15. The number of benzene rings is 1. The summed E-state index contributed by atoms with van der Waals surface area (Å²) < 4.78 is 0.689. The van der Waals surface area contributed by atoms with Crippen LogP contribution in [0.4, 0.5) is 0 Å². The molecule has 1 atom stereocenters. The maximum Gasteiger partial charge on any atom is 0.252 e. The minimum Gasteiger partial charge on any atom is -0.396 e. The first-order valence-electron chi connectivity index (χ1n) is 6.47. The van der Waals surface area contributed by atoms with Gasteiger partial charge < -0.3 is 15.7 Å².